The Morgan fingerprint density at radius 2 is 2.04 bits per heavy atom. The first-order valence-corrected chi connectivity index (χ1v) is 9.94. The first kappa shape index (κ1) is 17.6. The number of nitrogens with zero attached hydrogens (tertiary/aromatic N) is 4. The van der Waals surface area contributed by atoms with E-state index in [2.05, 4.69) is 32.5 Å². The minimum atomic E-state index is -0.123. The highest BCUT2D eigenvalue weighted by atomic mass is 16.5. The van der Waals surface area contributed by atoms with Crippen molar-refractivity contribution in [2.45, 2.75) is 45.3 Å². The van der Waals surface area contributed by atoms with Crippen molar-refractivity contribution < 1.29 is 9.47 Å². The van der Waals surface area contributed by atoms with Crippen molar-refractivity contribution in [3.63, 3.8) is 0 Å². The molecule has 1 saturated heterocycles. The number of aromatic nitrogens is 4. The Balaban J connectivity index is 1.36. The van der Waals surface area contributed by atoms with Gasteiger partial charge in [-0.05, 0) is 75.5 Å². The normalized spacial score (nSPS) is 18.4. The lowest BCUT2D eigenvalue weighted by Crippen LogP contribution is -2.44. The van der Waals surface area contributed by atoms with E-state index in [-0.39, 0.29) is 5.60 Å². The zero-order valence-electron chi connectivity index (χ0n) is 16.4. The number of nitrogens with one attached hydrogen (secondary N) is 1. The molecule has 2 aromatic heterocycles. The number of piperidine rings is 1. The maximum absolute atomic E-state index is 6.25. The summed E-state index contributed by atoms with van der Waals surface area (Å²) in [5.41, 5.74) is 4.49. The Morgan fingerprint density at radius 3 is 2.89 bits per heavy atom. The van der Waals surface area contributed by atoms with Gasteiger partial charge in [-0.1, -0.05) is 6.07 Å². The van der Waals surface area contributed by atoms with Crippen LogP contribution in [0.15, 0.2) is 24.3 Å². The number of fused-ring (bicyclic) bond motifs is 3. The van der Waals surface area contributed by atoms with E-state index in [0.29, 0.717) is 18.2 Å². The van der Waals surface area contributed by atoms with E-state index in [9.17, 15) is 0 Å². The van der Waals surface area contributed by atoms with Crippen molar-refractivity contribution in [2.24, 2.45) is 0 Å². The van der Waals surface area contributed by atoms with E-state index >= 15 is 0 Å². The molecule has 0 radical (unpaired) electrons. The summed E-state index contributed by atoms with van der Waals surface area (Å²) >= 11 is 0. The maximum Gasteiger partial charge on any atom is 0.252 e. The van der Waals surface area contributed by atoms with Crippen molar-refractivity contribution >= 4 is 5.78 Å². The average molecular weight is 379 g/mol. The second-order valence-electron chi connectivity index (χ2n) is 7.73. The van der Waals surface area contributed by atoms with E-state index in [1.807, 2.05) is 26.0 Å². The van der Waals surface area contributed by atoms with Crippen molar-refractivity contribution in [2.75, 3.05) is 19.7 Å². The number of rotatable bonds is 3. The van der Waals surface area contributed by atoms with Crippen LogP contribution < -0.4 is 10.1 Å². The molecular formula is C21H25N5O2. The van der Waals surface area contributed by atoms with Crippen molar-refractivity contribution in [3.8, 4) is 5.75 Å². The third kappa shape index (κ3) is 3.04. The van der Waals surface area contributed by atoms with E-state index in [1.54, 1.807) is 4.52 Å². The molecule has 0 unspecified atom stereocenters. The van der Waals surface area contributed by atoms with Crippen LogP contribution in [0.25, 0.3) is 5.78 Å². The third-order valence-electron chi connectivity index (χ3n) is 5.76. The van der Waals surface area contributed by atoms with Crippen LogP contribution in [0.1, 0.15) is 41.2 Å². The van der Waals surface area contributed by atoms with Crippen LogP contribution >= 0.6 is 0 Å². The SMILES string of the molecule is Cc1cc(C)n2nc(COc3ccc4c(c3)CCOC43CCNCC3)nc2n1. The number of benzene rings is 1. The molecule has 0 amide bonds. The van der Waals surface area contributed by atoms with Crippen LogP contribution in [0.5, 0.6) is 5.75 Å². The van der Waals surface area contributed by atoms with E-state index in [0.717, 1.165) is 56.1 Å². The highest BCUT2D eigenvalue weighted by Crippen LogP contribution is 2.41. The Morgan fingerprint density at radius 1 is 1.18 bits per heavy atom. The van der Waals surface area contributed by atoms with Crippen LogP contribution in [0.2, 0.25) is 0 Å². The fraction of sp³-hybridized carbons (Fsp3) is 0.476. The summed E-state index contributed by atoms with van der Waals surface area (Å²) in [5.74, 6) is 2.10. The molecule has 1 spiro atoms. The van der Waals surface area contributed by atoms with E-state index in [4.69, 9.17) is 9.47 Å². The molecule has 4 heterocycles. The second-order valence-corrected chi connectivity index (χ2v) is 7.73. The predicted molar refractivity (Wildman–Crippen MR) is 104 cm³/mol. The maximum atomic E-state index is 6.25. The summed E-state index contributed by atoms with van der Waals surface area (Å²) < 4.78 is 14.0. The predicted octanol–water partition coefficient (Wildman–Crippen LogP) is 2.47. The van der Waals surface area contributed by atoms with Gasteiger partial charge in [0.2, 0.25) is 0 Å². The Bertz CT molecular complexity index is 1020. The molecule has 1 N–H and O–H groups in total. The largest absolute Gasteiger partial charge is 0.486 e. The number of aryl methyl sites for hydroxylation is 2. The molecule has 0 atom stereocenters. The summed E-state index contributed by atoms with van der Waals surface area (Å²) in [4.78, 5) is 8.93. The van der Waals surface area contributed by atoms with Gasteiger partial charge < -0.3 is 14.8 Å². The quantitative estimate of drug-likeness (QED) is 0.754. The molecule has 5 rings (SSSR count). The lowest BCUT2D eigenvalue weighted by Gasteiger charge is -2.42. The monoisotopic (exact) mass is 379 g/mol. The van der Waals surface area contributed by atoms with Crippen LogP contribution in [0, 0.1) is 13.8 Å². The van der Waals surface area contributed by atoms with Gasteiger partial charge >= 0.3 is 0 Å². The van der Waals surface area contributed by atoms with E-state index in [1.165, 1.54) is 11.1 Å². The molecule has 7 heteroatoms. The van der Waals surface area contributed by atoms with Gasteiger partial charge in [-0.15, -0.1) is 5.10 Å². The number of hydrogen-bond donors (Lipinski definition) is 1. The smallest absolute Gasteiger partial charge is 0.252 e. The zero-order chi connectivity index (χ0) is 19.1. The lowest BCUT2D eigenvalue weighted by molar-refractivity contribution is -0.0802. The molecule has 2 aliphatic rings. The fourth-order valence-corrected chi connectivity index (χ4v) is 4.41. The van der Waals surface area contributed by atoms with Crippen LogP contribution in [0.3, 0.4) is 0 Å². The van der Waals surface area contributed by atoms with Crippen molar-refractivity contribution in [3.05, 3.63) is 52.6 Å². The molecule has 146 valence electrons. The number of ether oxygens (including phenoxy) is 2. The van der Waals surface area contributed by atoms with Gasteiger partial charge in [-0.3, -0.25) is 0 Å². The fourth-order valence-electron chi connectivity index (χ4n) is 4.41. The van der Waals surface area contributed by atoms with Crippen LogP contribution in [0.4, 0.5) is 0 Å². The van der Waals surface area contributed by atoms with Gasteiger partial charge in [0.05, 0.1) is 12.2 Å². The zero-order valence-corrected chi connectivity index (χ0v) is 16.4. The summed E-state index contributed by atoms with van der Waals surface area (Å²) in [6, 6.07) is 8.38. The van der Waals surface area contributed by atoms with Gasteiger partial charge in [-0.2, -0.15) is 4.98 Å². The lowest BCUT2D eigenvalue weighted by atomic mass is 9.80. The molecule has 1 fully saturated rings. The second kappa shape index (κ2) is 6.83. The Hall–Kier alpha value is -2.51. The highest BCUT2D eigenvalue weighted by molar-refractivity contribution is 5.41. The van der Waals surface area contributed by atoms with E-state index < -0.39 is 0 Å². The molecule has 28 heavy (non-hydrogen) atoms. The summed E-state index contributed by atoms with van der Waals surface area (Å²) in [6.07, 6.45) is 2.98. The van der Waals surface area contributed by atoms with Gasteiger partial charge in [-0.25, -0.2) is 9.50 Å². The van der Waals surface area contributed by atoms with Crippen molar-refractivity contribution in [1.82, 2.24) is 24.9 Å². The summed E-state index contributed by atoms with van der Waals surface area (Å²) in [7, 11) is 0. The third-order valence-corrected chi connectivity index (χ3v) is 5.76. The summed E-state index contributed by atoms with van der Waals surface area (Å²) in [6.45, 7) is 7.07. The molecule has 0 saturated carbocycles. The molecule has 0 bridgehead atoms. The standard InChI is InChI=1S/C21H25N5O2/c1-14-11-15(2)26-20(23-14)24-19(25-26)13-27-17-3-4-18-16(12-17)5-10-28-21(18)6-8-22-9-7-21/h3-4,11-12,22H,5-10,13H2,1-2H3. The number of hydrogen-bond acceptors (Lipinski definition) is 6. The molecule has 7 nitrogen and oxygen atoms in total. The highest BCUT2D eigenvalue weighted by Gasteiger charge is 2.38. The molecule has 2 aliphatic heterocycles. The molecule has 1 aromatic carbocycles. The van der Waals surface area contributed by atoms with Gasteiger partial charge in [0, 0.05) is 11.4 Å². The molecule has 3 aromatic rings. The van der Waals surface area contributed by atoms with Gasteiger partial charge in [0.25, 0.3) is 5.78 Å². The van der Waals surface area contributed by atoms with Crippen LogP contribution in [-0.4, -0.2) is 39.3 Å². The average Bonchev–Trinajstić information content (AvgIpc) is 3.10. The topological polar surface area (TPSA) is 73.6 Å². The minimum Gasteiger partial charge on any atom is -0.486 e. The minimum absolute atomic E-state index is 0.123. The molecule has 0 aliphatic carbocycles. The van der Waals surface area contributed by atoms with Gasteiger partial charge in [0.1, 0.15) is 12.4 Å². The summed E-state index contributed by atoms with van der Waals surface area (Å²) in [5, 5.41) is 7.94. The van der Waals surface area contributed by atoms with Crippen molar-refractivity contribution in [1.29, 1.82) is 0 Å². The first-order valence-electron chi connectivity index (χ1n) is 9.94. The molecular weight excluding hydrogens is 354 g/mol. The first-order chi connectivity index (χ1) is 13.6. The Labute approximate surface area is 164 Å². The van der Waals surface area contributed by atoms with Gasteiger partial charge in [0.15, 0.2) is 5.82 Å². The van der Waals surface area contributed by atoms with Crippen LogP contribution in [-0.2, 0) is 23.4 Å². The Kier molecular flexibility index (Phi) is 4.29.